The summed E-state index contributed by atoms with van der Waals surface area (Å²) in [6.45, 7) is 2.90. The van der Waals surface area contributed by atoms with Crippen LogP contribution >= 0.6 is 0 Å². The van der Waals surface area contributed by atoms with Gasteiger partial charge in [0, 0.05) is 30.9 Å². The highest BCUT2D eigenvalue weighted by atomic mass is 32.2. The number of benzene rings is 1. The summed E-state index contributed by atoms with van der Waals surface area (Å²) >= 11 is 0. The highest BCUT2D eigenvalue weighted by Crippen LogP contribution is 2.33. The maximum atomic E-state index is 13.9. The summed E-state index contributed by atoms with van der Waals surface area (Å²) in [7, 11) is -3.48. The van der Waals surface area contributed by atoms with Crippen molar-refractivity contribution in [1.29, 1.82) is 0 Å². The first kappa shape index (κ1) is 16.4. The van der Waals surface area contributed by atoms with E-state index < -0.39 is 21.6 Å². The Morgan fingerprint density at radius 2 is 2.04 bits per heavy atom. The quantitative estimate of drug-likeness (QED) is 0.845. The van der Waals surface area contributed by atoms with Gasteiger partial charge in [0.25, 0.3) is 5.91 Å². The molecule has 2 atom stereocenters. The molecule has 2 aliphatic rings. The van der Waals surface area contributed by atoms with Crippen LogP contribution < -0.4 is 5.32 Å². The number of hydrogen-bond donors (Lipinski definition) is 1. The van der Waals surface area contributed by atoms with Crippen LogP contribution in [0.25, 0.3) is 0 Å². The third kappa shape index (κ3) is 3.55. The Morgan fingerprint density at radius 1 is 1.35 bits per heavy atom. The lowest BCUT2D eigenvalue weighted by Crippen LogP contribution is -2.38. The largest absolute Gasteiger partial charge is 0.348 e. The standard InChI is InChI=1S/C16H21FN2O3S/c1-10-7-11(9-19(10)12-3-4-12)18-16(20)14-8-13(23(2,21)22)5-6-15(14)17/h5-6,8,10-12H,3-4,7,9H2,1-2H3,(H,18,20)/t10-,11+/m0/s1. The summed E-state index contributed by atoms with van der Waals surface area (Å²) in [4.78, 5) is 14.7. The van der Waals surface area contributed by atoms with E-state index in [0.29, 0.717) is 12.1 Å². The van der Waals surface area contributed by atoms with Crippen molar-refractivity contribution in [3.8, 4) is 0 Å². The van der Waals surface area contributed by atoms with Crippen molar-refractivity contribution in [3.05, 3.63) is 29.6 Å². The van der Waals surface area contributed by atoms with Crippen LogP contribution in [0.2, 0.25) is 0 Å². The number of sulfone groups is 1. The first-order chi connectivity index (χ1) is 10.8. The molecule has 0 radical (unpaired) electrons. The Labute approximate surface area is 135 Å². The molecule has 1 saturated heterocycles. The van der Waals surface area contributed by atoms with Gasteiger partial charge in [0.05, 0.1) is 10.5 Å². The molecule has 1 N–H and O–H groups in total. The predicted molar refractivity (Wildman–Crippen MR) is 84.6 cm³/mol. The van der Waals surface area contributed by atoms with Crippen molar-refractivity contribution in [2.45, 2.75) is 49.2 Å². The van der Waals surface area contributed by atoms with E-state index in [0.717, 1.165) is 31.4 Å². The molecule has 1 aromatic rings. The van der Waals surface area contributed by atoms with Gasteiger partial charge in [0.2, 0.25) is 0 Å². The molecule has 0 unspecified atom stereocenters. The number of likely N-dealkylation sites (tertiary alicyclic amines) is 1. The molecule has 2 fully saturated rings. The third-order valence-electron chi connectivity index (χ3n) is 4.58. The van der Waals surface area contributed by atoms with Crippen LogP contribution in [0, 0.1) is 5.82 Å². The zero-order valence-corrected chi connectivity index (χ0v) is 14.1. The molecule has 0 spiro atoms. The fourth-order valence-corrected chi connectivity index (χ4v) is 3.90. The molecule has 5 nitrogen and oxygen atoms in total. The van der Waals surface area contributed by atoms with Gasteiger partial charge in [-0.3, -0.25) is 9.69 Å². The van der Waals surface area contributed by atoms with Crippen molar-refractivity contribution in [1.82, 2.24) is 10.2 Å². The lowest BCUT2D eigenvalue weighted by atomic mass is 10.1. The number of carbonyl (C=O) groups excluding carboxylic acids is 1. The molecule has 1 aliphatic carbocycles. The number of carbonyl (C=O) groups is 1. The van der Waals surface area contributed by atoms with Gasteiger partial charge in [0.1, 0.15) is 5.82 Å². The SMILES string of the molecule is C[C@H]1C[C@@H](NC(=O)c2cc(S(C)(=O)=O)ccc2F)CN1C1CC1. The summed E-state index contributed by atoms with van der Waals surface area (Å²) in [5, 5.41) is 2.84. The van der Waals surface area contributed by atoms with E-state index >= 15 is 0 Å². The molecule has 0 aromatic heterocycles. The Kier molecular flexibility index (Phi) is 4.18. The third-order valence-corrected chi connectivity index (χ3v) is 5.69. The monoisotopic (exact) mass is 340 g/mol. The van der Waals surface area contributed by atoms with Gasteiger partial charge >= 0.3 is 0 Å². The summed E-state index contributed by atoms with van der Waals surface area (Å²) in [6, 6.07) is 4.31. The Hall–Kier alpha value is -1.47. The Balaban J connectivity index is 1.73. The molecule has 7 heteroatoms. The van der Waals surface area contributed by atoms with E-state index in [4.69, 9.17) is 0 Å². The van der Waals surface area contributed by atoms with Gasteiger partial charge < -0.3 is 5.32 Å². The lowest BCUT2D eigenvalue weighted by Gasteiger charge is -2.19. The molecule has 1 aromatic carbocycles. The summed E-state index contributed by atoms with van der Waals surface area (Å²) < 4.78 is 37.0. The van der Waals surface area contributed by atoms with Crippen molar-refractivity contribution in [2.24, 2.45) is 0 Å². The molecule has 1 heterocycles. The van der Waals surface area contributed by atoms with E-state index in [1.54, 1.807) is 0 Å². The zero-order chi connectivity index (χ0) is 16.8. The van der Waals surface area contributed by atoms with E-state index in [2.05, 4.69) is 17.1 Å². The number of hydrogen-bond acceptors (Lipinski definition) is 4. The predicted octanol–water partition coefficient (Wildman–Crippen LogP) is 1.58. The van der Waals surface area contributed by atoms with E-state index in [1.807, 2.05) is 0 Å². The van der Waals surface area contributed by atoms with E-state index in [9.17, 15) is 17.6 Å². The van der Waals surface area contributed by atoms with Crippen LogP contribution in [0.4, 0.5) is 4.39 Å². The lowest BCUT2D eigenvalue weighted by molar-refractivity contribution is 0.0933. The van der Waals surface area contributed by atoms with Gasteiger partial charge in [-0.05, 0) is 44.4 Å². The van der Waals surface area contributed by atoms with E-state index in [-0.39, 0.29) is 16.5 Å². The maximum absolute atomic E-state index is 13.9. The molecule has 0 bridgehead atoms. The molecule has 1 saturated carbocycles. The smallest absolute Gasteiger partial charge is 0.254 e. The van der Waals surface area contributed by atoms with Crippen LogP contribution in [-0.4, -0.2) is 50.2 Å². The van der Waals surface area contributed by atoms with Crippen LogP contribution in [0.15, 0.2) is 23.1 Å². The van der Waals surface area contributed by atoms with Crippen molar-refractivity contribution in [2.75, 3.05) is 12.8 Å². The molecular formula is C16H21FN2O3S. The van der Waals surface area contributed by atoms with Crippen molar-refractivity contribution >= 4 is 15.7 Å². The van der Waals surface area contributed by atoms with Gasteiger partial charge in [-0.15, -0.1) is 0 Å². The van der Waals surface area contributed by atoms with Gasteiger partial charge in [0.15, 0.2) is 9.84 Å². The number of rotatable bonds is 4. The topological polar surface area (TPSA) is 66.5 Å². The van der Waals surface area contributed by atoms with Gasteiger partial charge in [-0.25, -0.2) is 12.8 Å². The van der Waals surface area contributed by atoms with Crippen LogP contribution in [0.5, 0.6) is 0 Å². The molecule has 1 amide bonds. The molecule has 126 valence electrons. The molecule has 3 rings (SSSR count). The minimum absolute atomic E-state index is 0.0283. The minimum atomic E-state index is -3.48. The van der Waals surface area contributed by atoms with Crippen LogP contribution in [0.1, 0.15) is 36.5 Å². The van der Waals surface area contributed by atoms with Gasteiger partial charge in [-0.1, -0.05) is 0 Å². The second-order valence-electron chi connectivity index (χ2n) is 6.60. The van der Waals surface area contributed by atoms with Crippen LogP contribution in [-0.2, 0) is 9.84 Å². The number of nitrogens with one attached hydrogen (secondary N) is 1. The first-order valence-electron chi connectivity index (χ1n) is 7.82. The molecule has 23 heavy (non-hydrogen) atoms. The Morgan fingerprint density at radius 3 is 2.65 bits per heavy atom. The summed E-state index contributed by atoms with van der Waals surface area (Å²) in [5.74, 6) is -1.26. The first-order valence-corrected chi connectivity index (χ1v) is 9.71. The number of nitrogens with zero attached hydrogens (tertiary/aromatic N) is 1. The second-order valence-corrected chi connectivity index (χ2v) is 8.61. The fourth-order valence-electron chi connectivity index (χ4n) is 3.25. The fraction of sp³-hybridized carbons (Fsp3) is 0.562. The highest BCUT2D eigenvalue weighted by molar-refractivity contribution is 7.90. The number of halogens is 1. The van der Waals surface area contributed by atoms with Crippen LogP contribution in [0.3, 0.4) is 0 Å². The zero-order valence-electron chi connectivity index (χ0n) is 13.3. The van der Waals surface area contributed by atoms with Gasteiger partial charge in [-0.2, -0.15) is 0 Å². The van der Waals surface area contributed by atoms with Crippen molar-refractivity contribution in [3.63, 3.8) is 0 Å². The average molecular weight is 340 g/mol. The Bertz CT molecular complexity index is 731. The maximum Gasteiger partial charge on any atom is 0.254 e. The molecule has 1 aliphatic heterocycles. The summed E-state index contributed by atoms with van der Waals surface area (Å²) in [6.07, 6.45) is 4.27. The second kappa shape index (κ2) is 5.87. The highest BCUT2D eigenvalue weighted by Gasteiger charge is 2.39. The summed E-state index contributed by atoms with van der Waals surface area (Å²) in [5.41, 5.74) is -0.217. The molecular weight excluding hydrogens is 319 g/mol. The average Bonchev–Trinajstić information content (AvgIpc) is 3.22. The van der Waals surface area contributed by atoms with E-state index in [1.165, 1.54) is 18.9 Å². The van der Waals surface area contributed by atoms with Crippen molar-refractivity contribution < 1.29 is 17.6 Å². The normalized spacial score (nSPS) is 25.5. The minimum Gasteiger partial charge on any atom is -0.348 e. The number of amides is 1.